The fourth-order valence-electron chi connectivity index (χ4n) is 1.63. The summed E-state index contributed by atoms with van der Waals surface area (Å²) in [7, 11) is 0. The van der Waals surface area contributed by atoms with Crippen molar-refractivity contribution in [1.29, 1.82) is 0 Å². The Hall–Kier alpha value is -1.54. The monoisotopic (exact) mass is 186 g/mol. The second-order valence-corrected chi connectivity index (χ2v) is 3.41. The molecule has 0 aliphatic rings. The van der Waals surface area contributed by atoms with Crippen LogP contribution in [-0.4, -0.2) is 4.57 Å². The van der Waals surface area contributed by atoms with Gasteiger partial charge in [0.05, 0.1) is 0 Å². The molecular weight excluding hydrogens is 172 g/mol. The molecule has 2 aromatic rings. The normalized spacial score (nSPS) is 10.6. The van der Waals surface area contributed by atoms with Crippen molar-refractivity contribution < 1.29 is 0 Å². The van der Waals surface area contributed by atoms with Crippen molar-refractivity contribution in [3.63, 3.8) is 0 Å². The van der Waals surface area contributed by atoms with Gasteiger partial charge < -0.3 is 10.3 Å². The molecule has 1 aromatic heterocycles. The van der Waals surface area contributed by atoms with Gasteiger partial charge in [0, 0.05) is 25.5 Å². The molecule has 0 bridgehead atoms. The van der Waals surface area contributed by atoms with Crippen LogP contribution in [0.2, 0.25) is 0 Å². The molecule has 14 heavy (non-hydrogen) atoms. The van der Waals surface area contributed by atoms with E-state index in [2.05, 4.69) is 41.7 Å². The molecule has 0 radical (unpaired) electrons. The molecule has 0 saturated carbocycles. The van der Waals surface area contributed by atoms with Gasteiger partial charge in [0.1, 0.15) is 0 Å². The molecule has 0 fully saturated rings. The smallest absolute Gasteiger partial charge is 0.0398 e. The minimum Gasteiger partial charge on any atom is -0.349 e. The van der Waals surface area contributed by atoms with Gasteiger partial charge in [-0.1, -0.05) is 18.2 Å². The van der Waals surface area contributed by atoms with Crippen LogP contribution in [0.4, 0.5) is 0 Å². The second kappa shape index (κ2) is 3.68. The molecule has 0 unspecified atom stereocenters. The molecule has 2 N–H and O–H groups in total. The van der Waals surface area contributed by atoms with Crippen LogP contribution in [0.15, 0.2) is 43.2 Å². The standard InChI is InChI=1S/C12H14N2/c1-2-5-14-8-11-4-3-10(7-13)6-12(11)9-14/h2-4,6,8-9H,1,5,7,13H2. The molecule has 1 aromatic carbocycles. The van der Waals surface area contributed by atoms with Gasteiger partial charge in [-0.25, -0.2) is 0 Å². The molecule has 0 atom stereocenters. The molecule has 2 nitrogen and oxygen atoms in total. The van der Waals surface area contributed by atoms with E-state index in [9.17, 15) is 0 Å². The lowest BCUT2D eigenvalue weighted by Crippen LogP contribution is -1.94. The molecule has 0 aliphatic carbocycles. The predicted molar refractivity (Wildman–Crippen MR) is 60.0 cm³/mol. The van der Waals surface area contributed by atoms with Crippen LogP contribution in [0, 0.1) is 0 Å². The highest BCUT2D eigenvalue weighted by molar-refractivity contribution is 5.82. The SMILES string of the molecule is C=CCn1cc2ccc(CN)cc2c1. The van der Waals surface area contributed by atoms with Crippen molar-refractivity contribution in [3.05, 3.63) is 48.8 Å². The number of nitrogens with zero attached hydrogens (tertiary/aromatic N) is 1. The van der Waals surface area contributed by atoms with E-state index in [0.29, 0.717) is 6.54 Å². The maximum Gasteiger partial charge on any atom is 0.0398 e. The minimum absolute atomic E-state index is 0.600. The van der Waals surface area contributed by atoms with Crippen molar-refractivity contribution in [1.82, 2.24) is 4.57 Å². The Bertz CT molecular complexity index is 454. The van der Waals surface area contributed by atoms with Gasteiger partial charge in [0.15, 0.2) is 0 Å². The van der Waals surface area contributed by atoms with E-state index >= 15 is 0 Å². The minimum atomic E-state index is 0.600. The van der Waals surface area contributed by atoms with E-state index in [-0.39, 0.29) is 0 Å². The highest BCUT2D eigenvalue weighted by Gasteiger charge is 1.98. The number of allylic oxidation sites excluding steroid dienone is 1. The van der Waals surface area contributed by atoms with Crippen molar-refractivity contribution in [2.75, 3.05) is 0 Å². The Balaban J connectivity index is 2.48. The summed E-state index contributed by atoms with van der Waals surface area (Å²) in [6.45, 7) is 5.17. The van der Waals surface area contributed by atoms with Gasteiger partial charge in [-0.3, -0.25) is 0 Å². The lowest BCUT2D eigenvalue weighted by molar-refractivity contribution is 0.836. The number of rotatable bonds is 3. The summed E-state index contributed by atoms with van der Waals surface area (Å²) in [6.07, 6.45) is 6.14. The Kier molecular flexibility index (Phi) is 2.37. The Morgan fingerprint density at radius 3 is 2.79 bits per heavy atom. The van der Waals surface area contributed by atoms with Gasteiger partial charge >= 0.3 is 0 Å². The highest BCUT2D eigenvalue weighted by atomic mass is 14.9. The van der Waals surface area contributed by atoms with Crippen LogP contribution in [0.3, 0.4) is 0 Å². The largest absolute Gasteiger partial charge is 0.349 e. The van der Waals surface area contributed by atoms with E-state index < -0.39 is 0 Å². The number of benzene rings is 1. The van der Waals surface area contributed by atoms with Crippen LogP contribution in [-0.2, 0) is 13.1 Å². The van der Waals surface area contributed by atoms with Gasteiger partial charge in [0.2, 0.25) is 0 Å². The van der Waals surface area contributed by atoms with Gasteiger partial charge in [0.25, 0.3) is 0 Å². The van der Waals surface area contributed by atoms with E-state index in [1.54, 1.807) is 0 Å². The van der Waals surface area contributed by atoms with Gasteiger partial charge in [-0.2, -0.15) is 0 Å². The van der Waals surface area contributed by atoms with Crippen LogP contribution in [0.25, 0.3) is 10.8 Å². The molecule has 72 valence electrons. The average molecular weight is 186 g/mol. The Morgan fingerprint density at radius 1 is 1.29 bits per heavy atom. The summed E-state index contributed by atoms with van der Waals surface area (Å²) >= 11 is 0. The van der Waals surface area contributed by atoms with Crippen LogP contribution in [0.5, 0.6) is 0 Å². The fraction of sp³-hybridized carbons (Fsp3) is 0.167. The highest BCUT2D eigenvalue weighted by Crippen LogP contribution is 2.17. The van der Waals surface area contributed by atoms with E-state index in [1.807, 2.05) is 6.08 Å². The average Bonchev–Trinajstić information content (AvgIpc) is 2.59. The summed E-state index contributed by atoms with van der Waals surface area (Å²) in [6, 6.07) is 6.31. The molecule has 0 saturated heterocycles. The zero-order chi connectivity index (χ0) is 9.97. The van der Waals surface area contributed by atoms with Crippen molar-refractivity contribution in [3.8, 4) is 0 Å². The predicted octanol–water partition coefficient (Wildman–Crippen LogP) is 2.29. The second-order valence-electron chi connectivity index (χ2n) is 3.41. The molecule has 2 rings (SSSR count). The lowest BCUT2D eigenvalue weighted by Gasteiger charge is -1.94. The third-order valence-electron chi connectivity index (χ3n) is 2.34. The first kappa shape index (κ1) is 9.03. The van der Waals surface area contributed by atoms with Crippen molar-refractivity contribution in [2.24, 2.45) is 5.73 Å². The van der Waals surface area contributed by atoms with Crippen molar-refractivity contribution >= 4 is 10.8 Å². The zero-order valence-corrected chi connectivity index (χ0v) is 8.11. The van der Waals surface area contributed by atoms with Gasteiger partial charge in [-0.05, 0) is 22.4 Å². The summed E-state index contributed by atoms with van der Waals surface area (Å²) in [5.74, 6) is 0. The van der Waals surface area contributed by atoms with Crippen LogP contribution in [0.1, 0.15) is 5.56 Å². The summed E-state index contributed by atoms with van der Waals surface area (Å²) < 4.78 is 2.12. The summed E-state index contributed by atoms with van der Waals surface area (Å²) in [4.78, 5) is 0. The lowest BCUT2D eigenvalue weighted by atomic mass is 10.1. The maximum absolute atomic E-state index is 5.58. The summed E-state index contributed by atoms with van der Waals surface area (Å²) in [5.41, 5.74) is 6.76. The van der Waals surface area contributed by atoms with E-state index in [0.717, 1.165) is 6.54 Å². The third-order valence-corrected chi connectivity index (χ3v) is 2.34. The van der Waals surface area contributed by atoms with E-state index in [4.69, 9.17) is 5.73 Å². The first-order valence-corrected chi connectivity index (χ1v) is 4.73. The molecule has 1 heterocycles. The molecule has 0 amide bonds. The zero-order valence-electron chi connectivity index (χ0n) is 8.11. The number of hydrogen-bond donors (Lipinski definition) is 1. The Morgan fingerprint density at radius 2 is 2.07 bits per heavy atom. The quantitative estimate of drug-likeness (QED) is 0.732. The summed E-state index contributed by atoms with van der Waals surface area (Å²) in [5, 5.41) is 2.50. The molecule has 2 heteroatoms. The number of nitrogens with two attached hydrogens (primary N) is 1. The van der Waals surface area contributed by atoms with Crippen molar-refractivity contribution in [2.45, 2.75) is 13.1 Å². The first-order chi connectivity index (χ1) is 6.83. The van der Waals surface area contributed by atoms with Crippen LogP contribution < -0.4 is 5.73 Å². The third kappa shape index (κ3) is 1.56. The van der Waals surface area contributed by atoms with Gasteiger partial charge in [-0.15, -0.1) is 6.58 Å². The fourth-order valence-corrected chi connectivity index (χ4v) is 1.63. The van der Waals surface area contributed by atoms with Crippen LogP contribution >= 0.6 is 0 Å². The number of hydrogen-bond acceptors (Lipinski definition) is 1. The number of aromatic nitrogens is 1. The Labute approximate surface area is 83.6 Å². The number of fused-ring (bicyclic) bond motifs is 1. The topological polar surface area (TPSA) is 30.9 Å². The van der Waals surface area contributed by atoms with E-state index in [1.165, 1.54) is 16.3 Å². The molecule has 0 spiro atoms. The first-order valence-electron chi connectivity index (χ1n) is 4.73. The molecular formula is C12H14N2. The molecule has 0 aliphatic heterocycles. The maximum atomic E-state index is 5.58.